The third kappa shape index (κ3) is 8.60. The number of amides is 2. The monoisotopic (exact) mass is 669 g/mol. The third-order valence-corrected chi connectivity index (χ3v) is 8.12. The summed E-state index contributed by atoms with van der Waals surface area (Å²) in [6, 6.07) is 32.5. The summed E-state index contributed by atoms with van der Waals surface area (Å²) >= 11 is 0. The van der Waals surface area contributed by atoms with Crippen LogP contribution in [0.2, 0.25) is 0 Å². The molecule has 1 aliphatic rings. The number of hydrogen-bond acceptors (Lipinski definition) is 2. The van der Waals surface area contributed by atoms with E-state index < -0.39 is 23.7 Å². The molecule has 240 valence electrons. The van der Waals surface area contributed by atoms with Gasteiger partial charge in [0.05, 0.1) is 0 Å². The topological polar surface area (TPSA) is 46.2 Å². The van der Waals surface area contributed by atoms with Crippen LogP contribution in [0, 0.1) is 0 Å². The highest BCUT2D eigenvalue weighted by Gasteiger charge is 2.80. The van der Waals surface area contributed by atoms with E-state index in [1.54, 1.807) is 0 Å². The predicted octanol–water partition coefficient (Wildman–Crippen LogP) is 8.71. The maximum absolute atomic E-state index is 12.0. The quantitative estimate of drug-likeness (QED) is 0.156. The molecule has 4 rings (SSSR count). The summed E-state index contributed by atoms with van der Waals surface area (Å²) in [6.45, 7) is 2.28. The number of rotatable bonds is 7. The van der Waals surface area contributed by atoms with E-state index in [0.717, 1.165) is 6.42 Å². The van der Waals surface area contributed by atoms with Gasteiger partial charge >= 0.3 is 23.7 Å². The van der Waals surface area contributed by atoms with Crippen molar-refractivity contribution in [2.45, 2.75) is 60.9 Å². The zero-order valence-corrected chi connectivity index (χ0v) is 25.5. The lowest BCUT2D eigenvalue weighted by Crippen LogP contribution is -2.58. The molecule has 3 atom stereocenters. The average Bonchev–Trinajstić information content (AvgIpc) is 3.36. The third-order valence-electron chi connectivity index (χ3n) is 6.69. The molecule has 3 unspecified atom stereocenters. The second-order valence-corrected chi connectivity index (χ2v) is 11.3. The Morgan fingerprint density at radius 2 is 1.00 bits per heavy atom. The average molecular weight is 670 g/mol. The van der Waals surface area contributed by atoms with Crippen LogP contribution in [0.1, 0.15) is 48.8 Å². The highest BCUT2D eigenvalue weighted by atomic mass is 31.0. The van der Waals surface area contributed by atoms with Gasteiger partial charge in [-0.15, -0.1) is 9.24 Å². The summed E-state index contributed by atoms with van der Waals surface area (Å²) in [4.78, 5) is 20.2. The predicted molar refractivity (Wildman–Crippen MR) is 156 cm³/mol. The van der Waals surface area contributed by atoms with Gasteiger partial charge in [-0.25, -0.2) is 0 Å². The lowest BCUT2D eigenvalue weighted by Gasteiger charge is -2.39. The van der Waals surface area contributed by atoms with Gasteiger partial charge in [-0.3, -0.25) is 14.9 Å². The molecule has 2 amide bonds. The van der Waals surface area contributed by atoms with Gasteiger partial charge in [0.15, 0.2) is 0 Å². The zero-order valence-electron chi connectivity index (χ0n) is 23.2. The van der Waals surface area contributed by atoms with Crippen molar-refractivity contribution in [1.29, 1.82) is 0 Å². The number of halogens is 9. The number of benzene rings is 3. The van der Waals surface area contributed by atoms with Gasteiger partial charge in [0.25, 0.3) is 0 Å². The molecule has 0 saturated carbocycles. The van der Waals surface area contributed by atoms with Crippen molar-refractivity contribution in [3.63, 3.8) is 0 Å². The summed E-state index contributed by atoms with van der Waals surface area (Å²) in [5.41, 5.74) is -1.48. The Hall–Kier alpha value is -2.97. The van der Waals surface area contributed by atoms with E-state index in [9.17, 15) is 49.1 Å². The molecule has 0 bridgehead atoms. The summed E-state index contributed by atoms with van der Waals surface area (Å²) in [7, 11) is 3.12. The fraction of sp³-hybridized carbons (Fsp3) is 0.333. The first kappa shape index (κ1) is 37.2. The summed E-state index contributed by atoms with van der Waals surface area (Å²) in [5, 5.41) is 2.01. The Balaban J connectivity index is 0.000000272. The van der Waals surface area contributed by atoms with Crippen LogP contribution in [0.4, 0.5) is 39.5 Å². The van der Waals surface area contributed by atoms with Crippen LogP contribution in [0.25, 0.3) is 0 Å². The van der Waals surface area contributed by atoms with E-state index in [1.807, 2.05) is 0 Å². The van der Waals surface area contributed by atoms with Crippen LogP contribution < -0.4 is 5.32 Å². The lowest BCUT2D eigenvalue weighted by molar-refractivity contribution is -0.381. The molecule has 0 radical (unpaired) electrons. The largest absolute Gasteiger partial charge is 0.460 e. The SMILES string of the molecule is CCC(c1ccccc1)C(P)(c1ccccc1)c1ccccc1.FC(F)(F)C(F)(F)C(F)(F)C(F)(F)P.O=C1CCC(=O)N1. The van der Waals surface area contributed by atoms with E-state index in [1.165, 1.54) is 16.7 Å². The highest BCUT2D eigenvalue weighted by molar-refractivity contribution is 7.19. The Labute approximate surface area is 253 Å². The fourth-order valence-electron chi connectivity index (χ4n) is 4.40. The molecule has 1 saturated heterocycles. The van der Waals surface area contributed by atoms with E-state index in [0.29, 0.717) is 18.8 Å². The molecule has 1 fully saturated rings. The summed E-state index contributed by atoms with van der Waals surface area (Å²) < 4.78 is 105. The molecular formula is C30H30F9NO2P2. The molecule has 3 aromatic rings. The highest BCUT2D eigenvalue weighted by Crippen LogP contribution is 2.55. The number of alkyl halides is 9. The molecule has 0 aliphatic carbocycles. The summed E-state index contributed by atoms with van der Waals surface area (Å²) in [6.07, 6.45) is -4.91. The van der Waals surface area contributed by atoms with E-state index in [4.69, 9.17) is 0 Å². The first-order valence-electron chi connectivity index (χ1n) is 13.1. The summed E-state index contributed by atoms with van der Waals surface area (Å²) in [5.74, 6) is -13.2. The van der Waals surface area contributed by atoms with Crippen LogP contribution in [0.15, 0.2) is 91.0 Å². The maximum Gasteiger partial charge on any atom is 0.460 e. The van der Waals surface area contributed by atoms with E-state index >= 15 is 0 Å². The van der Waals surface area contributed by atoms with Crippen molar-refractivity contribution in [2.75, 3.05) is 0 Å². The van der Waals surface area contributed by atoms with Crippen molar-refractivity contribution in [3.05, 3.63) is 108 Å². The normalized spacial score (nSPS) is 14.9. The Kier molecular flexibility index (Phi) is 12.6. The Bertz CT molecular complexity index is 1270. The number of carbonyl (C=O) groups excluding carboxylic acids is 2. The molecule has 44 heavy (non-hydrogen) atoms. The van der Waals surface area contributed by atoms with E-state index in [-0.39, 0.29) is 26.2 Å². The maximum atomic E-state index is 12.0. The Morgan fingerprint density at radius 3 is 1.25 bits per heavy atom. The van der Waals surface area contributed by atoms with Crippen molar-refractivity contribution >= 4 is 30.3 Å². The van der Waals surface area contributed by atoms with Gasteiger partial charge in [-0.05, 0) is 23.1 Å². The van der Waals surface area contributed by atoms with E-state index in [2.05, 4.69) is 112 Å². The minimum absolute atomic E-state index is 0.0576. The zero-order chi connectivity index (χ0) is 33.4. The van der Waals surface area contributed by atoms with Gasteiger partial charge in [-0.1, -0.05) is 107 Å². The molecule has 1 heterocycles. The van der Waals surface area contributed by atoms with Crippen molar-refractivity contribution < 1.29 is 49.1 Å². The molecule has 14 heteroatoms. The minimum atomic E-state index is -6.79. The second kappa shape index (κ2) is 14.9. The van der Waals surface area contributed by atoms with Gasteiger partial charge in [0.2, 0.25) is 11.8 Å². The smallest absolute Gasteiger partial charge is 0.296 e. The molecule has 1 N–H and O–H groups in total. The van der Waals surface area contributed by atoms with Crippen molar-refractivity contribution in [2.24, 2.45) is 0 Å². The first-order chi connectivity index (χ1) is 20.3. The molecule has 1 aliphatic heterocycles. The first-order valence-corrected chi connectivity index (χ1v) is 14.2. The fourth-order valence-corrected chi connectivity index (χ4v) is 5.39. The number of hydrogen-bond donors (Lipinski definition) is 1. The standard InChI is InChI=1S/C22H23P.C4H2F9P.C4H5NO2/c1-2-21(18-12-6-3-7-13-18)22(23,19-14-8-4-9-15-19)20-16-10-5-11-17-20;5-1(6,3(9,10)11)2(7,8)4(12,13)14;6-3-1-2-4(7)5-3/h3-17,21H,2,23H2,1H3;14H2;1-2H2,(H,5,6,7). The second-order valence-electron chi connectivity index (χ2n) is 9.71. The van der Waals surface area contributed by atoms with Crippen LogP contribution in [-0.2, 0) is 14.7 Å². The Morgan fingerprint density at radius 1 is 0.636 bits per heavy atom. The van der Waals surface area contributed by atoms with Gasteiger partial charge in [0, 0.05) is 23.9 Å². The molecule has 0 aromatic heterocycles. The van der Waals surface area contributed by atoms with Crippen molar-refractivity contribution in [1.82, 2.24) is 5.32 Å². The van der Waals surface area contributed by atoms with Crippen molar-refractivity contribution in [3.8, 4) is 0 Å². The van der Waals surface area contributed by atoms with Crippen LogP contribution in [0.3, 0.4) is 0 Å². The molecule has 0 spiro atoms. The minimum Gasteiger partial charge on any atom is -0.296 e. The van der Waals surface area contributed by atoms with Crippen LogP contribution in [-0.4, -0.2) is 35.5 Å². The molecule has 3 nitrogen and oxygen atoms in total. The van der Waals surface area contributed by atoms with Crippen LogP contribution >= 0.6 is 18.5 Å². The van der Waals surface area contributed by atoms with Gasteiger partial charge in [-0.2, -0.15) is 39.5 Å². The number of carbonyl (C=O) groups is 2. The molecular weight excluding hydrogens is 639 g/mol. The lowest BCUT2D eigenvalue weighted by atomic mass is 9.75. The van der Waals surface area contributed by atoms with Gasteiger partial charge in [0.1, 0.15) is 0 Å². The number of nitrogens with one attached hydrogen (secondary N) is 1. The molecule has 3 aromatic carbocycles. The van der Waals surface area contributed by atoms with Crippen LogP contribution in [0.5, 0.6) is 0 Å². The number of imide groups is 1. The van der Waals surface area contributed by atoms with Gasteiger partial charge < -0.3 is 0 Å².